The van der Waals surface area contributed by atoms with Crippen LogP contribution in [0.15, 0.2) is 48.5 Å². The van der Waals surface area contributed by atoms with Crippen molar-refractivity contribution in [1.29, 1.82) is 0 Å². The van der Waals surface area contributed by atoms with E-state index >= 15 is 0 Å². The monoisotopic (exact) mass is 540 g/mol. The molecule has 7 N–H and O–H groups in total. The summed E-state index contributed by atoms with van der Waals surface area (Å²) in [5.41, 5.74) is 1.21. The normalized spacial score (nSPS) is 17.2. The zero-order valence-electron chi connectivity index (χ0n) is 22.0. The van der Waals surface area contributed by atoms with E-state index in [1.54, 1.807) is 38.1 Å². The molecule has 0 spiro atoms. The van der Waals surface area contributed by atoms with Gasteiger partial charge in [-0.2, -0.15) is 0 Å². The highest BCUT2D eigenvalue weighted by Gasteiger charge is 2.33. The van der Waals surface area contributed by atoms with Crippen molar-refractivity contribution in [3.63, 3.8) is 0 Å². The van der Waals surface area contributed by atoms with Crippen molar-refractivity contribution < 1.29 is 34.5 Å². The fourth-order valence-corrected chi connectivity index (χ4v) is 4.38. The predicted octanol–water partition coefficient (Wildman–Crippen LogP) is 0.830. The zero-order chi connectivity index (χ0) is 28.5. The summed E-state index contributed by atoms with van der Waals surface area (Å²) in [5, 5.41) is 39.9. The van der Waals surface area contributed by atoms with Crippen LogP contribution in [0.5, 0.6) is 11.5 Å². The van der Waals surface area contributed by atoms with Gasteiger partial charge in [-0.05, 0) is 60.7 Å². The van der Waals surface area contributed by atoms with Crippen molar-refractivity contribution in [2.75, 3.05) is 6.54 Å². The molecule has 2 aromatic rings. The molecule has 4 atom stereocenters. The summed E-state index contributed by atoms with van der Waals surface area (Å²) in [6.45, 7) is 4.28. The minimum Gasteiger partial charge on any atom is -0.508 e. The summed E-state index contributed by atoms with van der Waals surface area (Å²) < 4.78 is 0. The summed E-state index contributed by atoms with van der Waals surface area (Å²) in [6.07, 6.45) is 1.51. The van der Waals surface area contributed by atoms with E-state index < -0.39 is 35.9 Å². The van der Waals surface area contributed by atoms with Gasteiger partial charge in [0.2, 0.25) is 17.7 Å². The van der Waals surface area contributed by atoms with E-state index in [2.05, 4.69) is 21.3 Å². The van der Waals surface area contributed by atoms with Crippen LogP contribution in [0.25, 0.3) is 0 Å². The molecule has 0 bridgehead atoms. The van der Waals surface area contributed by atoms with E-state index in [-0.39, 0.29) is 42.2 Å². The Morgan fingerprint density at radius 1 is 0.821 bits per heavy atom. The molecular weight excluding hydrogens is 504 g/mol. The van der Waals surface area contributed by atoms with Crippen molar-refractivity contribution in [2.24, 2.45) is 5.92 Å². The molecule has 3 rings (SSSR count). The van der Waals surface area contributed by atoms with E-state index in [0.717, 1.165) is 13.0 Å². The van der Waals surface area contributed by atoms with Crippen LogP contribution in [-0.2, 0) is 32.0 Å². The van der Waals surface area contributed by atoms with Gasteiger partial charge in [0, 0.05) is 12.8 Å². The van der Waals surface area contributed by atoms with Gasteiger partial charge < -0.3 is 36.6 Å². The molecule has 1 heterocycles. The Bertz CT molecular complexity index is 1150. The van der Waals surface area contributed by atoms with Crippen LogP contribution in [-0.4, -0.2) is 69.7 Å². The molecule has 0 radical (unpaired) electrons. The number of aromatic hydroxyl groups is 2. The lowest BCUT2D eigenvalue weighted by molar-refractivity contribution is -0.142. The second-order valence-electron chi connectivity index (χ2n) is 10.1. The van der Waals surface area contributed by atoms with Crippen LogP contribution < -0.4 is 21.3 Å². The second kappa shape index (κ2) is 13.6. The average Bonchev–Trinajstić information content (AvgIpc) is 3.44. The number of aliphatic carboxylic acids is 1. The lowest BCUT2D eigenvalue weighted by Gasteiger charge is -2.27. The first-order valence-corrected chi connectivity index (χ1v) is 13.0. The van der Waals surface area contributed by atoms with Gasteiger partial charge in [0.15, 0.2) is 0 Å². The number of hydrogen-bond acceptors (Lipinski definition) is 7. The van der Waals surface area contributed by atoms with E-state index in [1.807, 2.05) is 0 Å². The molecule has 39 heavy (non-hydrogen) atoms. The highest BCUT2D eigenvalue weighted by molar-refractivity contribution is 5.94. The van der Waals surface area contributed by atoms with Gasteiger partial charge in [0.05, 0.1) is 6.04 Å². The molecule has 4 unspecified atom stereocenters. The minimum absolute atomic E-state index is 0.0202. The van der Waals surface area contributed by atoms with Crippen molar-refractivity contribution in [3.05, 3.63) is 59.7 Å². The highest BCUT2D eigenvalue weighted by Crippen LogP contribution is 2.14. The smallest absolute Gasteiger partial charge is 0.326 e. The zero-order valence-corrected chi connectivity index (χ0v) is 22.0. The Balaban J connectivity index is 1.77. The number of carboxylic acid groups (broad SMARTS) is 1. The predicted molar refractivity (Wildman–Crippen MR) is 143 cm³/mol. The number of carbonyl (C=O) groups excluding carboxylic acids is 3. The van der Waals surface area contributed by atoms with Gasteiger partial charge in [-0.1, -0.05) is 38.1 Å². The standard InChI is InChI=1S/C28H36N4O7/c1-16(2)24(32-25(35)21-4-3-13-29-21)27(37)30-22(14-17-5-9-19(33)10-6-17)26(36)31-23(28(38)39)15-18-7-11-20(34)12-8-18/h5-12,16,21-24,29,33-34H,3-4,13-15H2,1-2H3,(H,30,37)(H,31,36)(H,32,35)(H,38,39). The van der Waals surface area contributed by atoms with E-state index in [0.29, 0.717) is 17.5 Å². The van der Waals surface area contributed by atoms with Gasteiger partial charge in [-0.15, -0.1) is 0 Å². The van der Waals surface area contributed by atoms with E-state index in [1.165, 1.54) is 24.3 Å². The molecule has 210 valence electrons. The van der Waals surface area contributed by atoms with Gasteiger partial charge >= 0.3 is 5.97 Å². The molecule has 11 nitrogen and oxygen atoms in total. The molecule has 11 heteroatoms. The maximum absolute atomic E-state index is 13.4. The first-order valence-electron chi connectivity index (χ1n) is 13.0. The number of carboxylic acids is 1. The number of carbonyl (C=O) groups is 4. The fourth-order valence-electron chi connectivity index (χ4n) is 4.38. The lowest BCUT2D eigenvalue weighted by Crippen LogP contribution is -2.59. The fraction of sp³-hybridized carbons (Fsp3) is 0.429. The Hall–Kier alpha value is -4.12. The largest absolute Gasteiger partial charge is 0.508 e. The van der Waals surface area contributed by atoms with Crippen LogP contribution in [0.3, 0.4) is 0 Å². The summed E-state index contributed by atoms with van der Waals surface area (Å²) in [6, 6.07) is 8.29. The van der Waals surface area contributed by atoms with E-state index in [4.69, 9.17) is 0 Å². The summed E-state index contributed by atoms with van der Waals surface area (Å²) in [7, 11) is 0. The summed E-state index contributed by atoms with van der Waals surface area (Å²) in [4.78, 5) is 51.3. The Kier molecular flexibility index (Phi) is 10.3. The summed E-state index contributed by atoms with van der Waals surface area (Å²) >= 11 is 0. The number of benzene rings is 2. The van der Waals surface area contributed by atoms with Gasteiger partial charge in [-0.3, -0.25) is 14.4 Å². The lowest BCUT2D eigenvalue weighted by atomic mass is 9.99. The third-order valence-electron chi connectivity index (χ3n) is 6.62. The van der Waals surface area contributed by atoms with Crippen LogP contribution in [0.1, 0.15) is 37.8 Å². The molecule has 0 aromatic heterocycles. The Labute approximate surface area is 227 Å². The number of rotatable bonds is 12. The number of hydrogen-bond donors (Lipinski definition) is 7. The van der Waals surface area contributed by atoms with E-state index in [9.17, 15) is 34.5 Å². The quantitative estimate of drug-likeness (QED) is 0.207. The topological polar surface area (TPSA) is 177 Å². The number of phenols is 2. The molecule has 0 saturated carbocycles. The molecule has 1 aliphatic rings. The number of amides is 3. The van der Waals surface area contributed by atoms with Gasteiger partial charge in [-0.25, -0.2) is 4.79 Å². The third-order valence-corrected chi connectivity index (χ3v) is 6.62. The molecule has 2 aromatic carbocycles. The first kappa shape index (κ1) is 29.4. The van der Waals surface area contributed by atoms with Crippen molar-refractivity contribution in [1.82, 2.24) is 21.3 Å². The van der Waals surface area contributed by atoms with Crippen molar-refractivity contribution >= 4 is 23.7 Å². The Morgan fingerprint density at radius 2 is 1.33 bits per heavy atom. The maximum Gasteiger partial charge on any atom is 0.326 e. The minimum atomic E-state index is -1.30. The number of nitrogens with one attached hydrogen (secondary N) is 4. The van der Waals surface area contributed by atoms with Crippen LogP contribution in [0, 0.1) is 5.92 Å². The van der Waals surface area contributed by atoms with Crippen LogP contribution in [0.4, 0.5) is 0 Å². The molecule has 3 amide bonds. The highest BCUT2D eigenvalue weighted by atomic mass is 16.4. The van der Waals surface area contributed by atoms with Gasteiger partial charge in [0.25, 0.3) is 0 Å². The van der Waals surface area contributed by atoms with Crippen molar-refractivity contribution in [3.8, 4) is 11.5 Å². The summed E-state index contributed by atoms with van der Waals surface area (Å²) in [5.74, 6) is -3.06. The molecular formula is C28H36N4O7. The van der Waals surface area contributed by atoms with Crippen LogP contribution in [0.2, 0.25) is 0 Å². The molecule has 1 fully saturated rings. The SMILES string of the molecule is CC(C)C(NC(=O)C1CCCN1)C(=O)NC(Cc1ccc(O)cc1)C(=O)NC(Cc1ccc(O)cc1)C(=O)O. The first-order chi connectivity index (χ1) is 18.5. The Morgan fingerprint density at radius 3 is 1.79 bits per heavy atom. The molecule has 0 aliphatic carbocycles. The molecule has 1 aliphatic heterocycles. The third kappa shape index (κ3) is 8.71. The van der Waals surface area contributed by atoms with Gasteiger partial charge in [0.1, 0.15) is 29.6 Å². The second-order valence-corrected chi connectivity index (χ2v) is 10.1. The van der Waals surface area contributed by atoms with Crippen LogP contribution >= 0.6 is 0 Å². The maximum atomic E-state index is 13.4. The average molecular weight is 541 g/mol. The van der Waals surface area contributed by atoms with Crippen molar-refractivity contribution in [2.45, 2.75) is 63.7 Å². The molecule has 1 saturated heterocycles. The number of phenolic OH excluding ortho intramolecular Hbond substituents is 2.